The molecule has 0 spiro atoms. The number of nitrogen functional groups attached to an aromatic ring is 1. The van der Waals surface area contributed by atoms with E-state index >= 15 is 0 Å². The lowest BCUT2D eigenvalue weighted by Crippen LogP contribution is -2.10. The van der Waals surface area contributed by atoms with Crippen LogP contribution in [0.25, 0.3) is 0 Å². The average Bonchev–Trinajstić information content (AvgIpc) is 2.54. The van der Waals surface area contributed by atoms with E-state index in [1.54, 1.807) is 7.11 Å². The third kappa shape index (κ3) is 3.80. The zero-order chi connectivity index (χ0) is 15.1. The molecule has 112 valence electrons. The molecule has 0 aliphatic carbocycles. The van der Waals surface area contributed by atoms with Gasteiger partial charge in [0.25, 0.3) is 5.88 Å². The van der Waals surface area contributed by atoms with E-state index in [4.69, 9.17) is 20.1 Å². The van der Waals surface area contributed by atoms with Gasteiger partial charge in [0, 0.05) is 7.11 Å². The van der Waals surface area contributed by atoms with Gasteiger partial charge in [-0.25, -0.2) is 10.8 Å². The monoisotopic (exact) mass is 290 g/mol. The van der Waals surface area contributed by atoms with Crippen LogP contribution >= 0.6 is 0 Å². The molecular formula is C14H18N4O3. The summed E-state index contributed by atoms with van der Waals surface area (Å²) >= 11 is 0. The number of aromatic nitrogens is 2. The van der Waals surface area contributed by atoms with Gasteiger partial charge in [0.2, 0.25) is 5.75 Å². The lowest BCUT2D eigenvalue weighted by molar-refractivity contribution is 0.202. The number of methoxy groups -OCH3 is 2. The molecule has 0 aliphatic rings. The third-order valence-corrected chi connectivity index (χ3v) is 2.84. The van der Waals surface area contributed by atoms with Crippen molar-refractivity contribution in [3.05, 3.63) is 36.2 Å². The van der Waals surface area contributed by atoms with E-state index in [-0.39, 0.29) is 0 Å². The van der Waals surface area contributed by atoms with Crippen LogP contribution in [0.3, 0.4) is 0 Å². The van der Waals surface area contributed by atoms with E-state index in [2.05, 4.69) is 15.4 Å². The number of nitrogens with one attached hydrogen (secondary N) is 1. The minimum atomic E-state index is 0.296. The quantitative estimate of drug-likeness (QED) is 0.593. The molecule has 3 N–H and O–H groups in total. The van der Waals surface area contributed by atoms with Crippen molar-refractivity contribution in [3.63, 3.8) is 0 Å². The van der Waals surface area contributed by atoms with Crippen LogP contribution in [0.5, 0.6) is 17.4 Å². The van der Waals surface area contributed by atoms with Gasteiger partial charge in [-0.15, -0.1) is 0 Å². The highest BCUT2D eigenvalue weighted by atomic mass is 16.5. The number of nitrogens with two attached hydrogens (primary N) is 1. The van der Waals surface area contributed by atoms with Gasteiger partial charge in [0.15, 0.2) is 5.82 Å². The lowest BCUT2D eigenvalue weighted by atomic mass is 10.1. The fourth-order valence-electron chi connectivity index (χ4n) is 1.77. The van der Waals surface area contributed by atoms with Crippen LogP contribution < -0.4 is 20.7 Å². The maximum Gasteiger partial charge on any atom is 0.268 e. The van der Waals surface area contributed by atoms with E-state index in [9.17, 15) is 0 Å². The van der Waals surface area contributed by atoms with Crippen molar-refractivity contribution < 1.29 is 14.2 Å². The number of hydrogen-bond donors (Lipinski definition) is 2. The van der Waals surface area contributed by atoms with E-state index in [0.717, 1.165) is 6.42 Å². The van der Waals surface area contributed by atoms with E-state index in [0.29, 0.717) is 29.8 Å². The molecule has 0 amide bonds. The molecule has 21 heavy (non-hydrogen) atoms. The Labute approximate surface area is 123 Å². The summed E-state index contributed by atoms with van der Waals surface area (Å²) in [4.78, 5) is 8.00. The predicted molar refractivity (Wildman–Crippen MR) is 78.5 cm³/mol. The highest BCUT2D eigenvalue weighted by Gasteiger charge is 2.13. The summed E-state index contributed by atoms with van der Waals surface area (Å²) in [7, 11) is 3.18. The Bertz CT molecular complexity index is 575. The van der Waals surface area contributed by atoms with Crippen molar-refractivity contribution in [2.45, 2.75) is 6.42 Å². The molecule has 1 heterocycles. The Morgan fingerprint density at radius 1 is 1.14 bits per heavy atom. The van der Waals surface area contributed by atoms with Gasteiger partial charge in [-0.2, -0.15) is 4.98 Å². The molecule has 1 aromatic carbocycles. The Kier molecular flexibility index (Phi) is 5.30. The molecule has 0 saturated heterocycles. The van der Waals surface area contributed by atoms with Gasteiger partial charge in [-0.05, 0) is 24.1 Å². The number of hydrazine groups is 1. The molecule has 7 heteroatoms. The first-order chi connectivity index (χ1) is 10.3. The minimum Gasteiger partial charge on any atom is -0.489 e. The second-order valence-electron chi connectivity index (χ2n) is 4.19. The topological polar surface area (TPSA) is 91.5 Å². The molecule has 0 radical (unpaired) electrons. The predicted octanol–water partition coefficient (Wildman–Crippen LogP) is 1.75. The van der Waals surface area contributed by atoms with Crippen LogP contribution in [0.2, 0.25) is 0 Å². The smallest absolute Gasteiger partial charge is 0.268 e. The summed E-state index contributed by atoms with van der Waals surface area (Å²) in [5.41, 5.74) is 3.60. The zero-order valence-electron chi connectivity index (χ0n) is 12.0. The fourth-order valence-corrected chi connectivity index (χ4v) is 1.77. The molecule has 2 aromatic rings. The van der Waals surface area contributed by atoms with Crippen molar-refractivity contribution >= 4 is 5.82 Å². The number of benzene rings is 1. The third-order valence-electron chi connectivity index (χ3n) is 2.84. The molecule has 0 unspecified atom stereocenters. The molecule has 0 bridgehead atoms. The van der Waals surface area contributed by atoms with Gasteiger partial charge < -0.3 is 19.6 Å². The second-order valence-corrected chi connectivity index (χ2v) is 4.19. The van der Waals surface area contributed by atoms with Crippen molar-refractivity contribution in [2.24, 2.45) is 5.84 Å². The maximum atomic E-state index is 5.70. The number of rotatable bonds is 7. The maximum absolute atomic E-state index is 5.70. The van der Waals surface area contributed by atoms with Crippen molar-refractivity contribution in [3.8, 4) is 17.4 Å². The van der Waals surface area contributed by atoms with E-state index < -0.39 is 0 Å². The summed E-state index contributed by atoms with van der Waals surface area (Å²) in [6.07, 6.45) is 2.20. The Morgan fingerprint density at radius 2 is 1.90 bits per heavy atom. The fraction of sp³-hybridized carbons (Fsp3) is 0.286. The first-order valence-corrected chi connectivity index (χ1v) is 6.39. The van der Waals surface area contributed by atoms with Crippen molar-refractivity contribution in [1.29, 1.82) is 0 Å². The summed E-state index contributed by atoms with van der Waals surface area (Å²) in [5.74, 6) is 7.02. The van der Waals surface area contributed by atoms with Gasteiger partial charge >= 0.3 is 0 Å². The van der Waals surface area contributed by atoms with Crippen LogP contribution in [0.1, 0.15) is 5.56 Å². The van der Waals surface area contributed by atoms with Gasteiger partial charge in [-0.1, -0.05) is 12.1 Å². The number of ether oxygens (including phenoxy) is 3. The van der Waals surface area contributed by atoms with Crippen LogP contribution in [-0.2, 0) is 11.2 Å². The average molecular weight is 290 g/mol. The minimum absolute atomic E-state index is 0.296. The molecule has 0 fully saturated rings. The second kappa shape index (κ2) is 7.41. The first kappa shape index (κ1) is 15.0. The molecule has 0 aliphatic heterocycles. The standard InChI is InChI=1S/C14H18N4O3/c1-19-8-7-10-3-5-11(6-4-10)21-14-12(20-2)13(18-15)16-9-17-14/h3-6,9H,7-8,15H2,1-2H3,(H,16,17,18). The number of hydrogen-bond acceptors (Lipinski definition) is 7. The lowest BCUT2D eigenvalue weighted by Gasteiger charge is -2.11. The van der Waals surface area contributed by atoms with Gasteiger partial charge in [0.05, 0.1) is 13.7 Å². The van der Waals surface area contributed by atoms with Gasteiger partial charge in [-0.3, -0.25) is 0 Å². The number of anilines is 1. The largest absolute Gasteiger partial charge is 0.489 e. The van der Waals surface area contributed by atoms with Gasteiger partial charge in [0.1, 0.15) is 12.1 Å². The Morgan fingerprint density at radius 3 is 2.52 bits per heavy atom. The summed E-state index contributed by atoms with van der Waals surface area (Å²) in [5, 5.41) is 0. The highest BCUT2D eigenvalue weighted by Crippen LogP contribution is 2.33. The van der Waals surface area contributed by atoms with Crippen LogP contribution in [0.4, 0.5) is 5.82 Å². The Balaban J connectivity index is 2.14. The SMILES string of the molecule is COCCc1ccc(Oc2ncnc(NN)c2OC)cc1. The molecule has 0 saturated carbocycles. The van der Waals surface area contributed by atoms with Crippen molar-refractivity contribution in [1.82, 2.24) is 9.97 Å². The zero-order valence-corrected chi connectivity index (χ0v) is 12.0. The molecule has 1 aromatic heterocycles. The van der Waals surface area contributed by atoms with E-state index in [1.807, 2.05) is 24.3 Å². The van der Waals surface area contributed by atoms with Crippen LogP contribution in [0.15, 0.2) is 30.6 Å². The van der Waals surface area contributed by atoms with Crippen LogP contribution in [-0.4, -0.2) is 30.8 Å². The van der Waals surface area contributed by atoms with Crippen LogP contribution in [0, 0.1) is 0 Å². The molecule has 0 atom stereocenters. The molecule has 7 nitrogen and oxygen atoms in total. The summed E-state index contributed by atoms with van der Waals surface area (Å²) in [6.45, 7) is 0.686. The molecule has 2 rings (SSSR count). The molecular weight excluding hydrogens is 272 g/mol. The summed E-state index contributed by atoms with van der Waals surface area (Å²) < 4.78 is 16.0. The summed E-state index contributed by atoms with van der Waals surface area (Å²) in [6, 6.07) is 7.68. The highest BCUT2D eigenvalue weighted by molar-refractivity contribution is 5.55. The van der Waals surface area contributed by atoms with E-state index in [1.165, 1.54) is 19.0 Å². The Hall–Kier alpha value is -2.38. The first-order valence-electron chi connectivity index (χ1n) is 6.39. The normalized spacial score (nSPS) is 10.2. The number of nitrogens with zero attached hydrogens (tertiary/aromatic N) is 2. The van der Waals surface area contributed by atoms with Crippen molar-refractivity contribution in [2.75, 3.05) is 26.3 Å².